The molecule has 0 fully saturated rings. The SMILES string of the molecule is O=C(O)c1cccc2[nH]c(=O)n(-c3cc(F)ccc3F)c12. The maximum Gasteiger partial charge on any atom is 0.337 e. The van der Waals surface area contributed by atoms with Crippen LogP contribution in [0.25, 0.3) is 16.7 Å². The summed E-state index contributed by atoms with van der Waals surface area (Å²) >= 11 is 0. The van der Waals surface area contributed by atoms with E-state index in [0.717, 1.165) is 22.8 Å². The number of nitrogens with one attached hydrogen (secondary N) is 1. The van der Waals surface area contributed by atoms with Crippen molar-refractivity contribution in [3.05, 3.63) is 64.1 Å². The Labute approximate surface area is 116 Å². The van der Waals surface area contributed by atoms with E-state index in [1.165, 1.54) is 18.2 Å². The molecule has 3 aromatic rings. The maximum atomic E-state index is 13.9. The minimum atomic E-state index is -1.27. The Bertz CT molecular complexity index is 928. The number of carbonyl (C=O) groups is 1. The summed E-state index contributed by atoms with van der Waals surface area (Å²) in [5, 5.41) is 9.19. The van der Waals surface area contributed by atoms with Crippen molar-refractivity contribution in [1.82, 2.24) is 9.55 Å². The van der Waals surface area contributed by atoms with Crippen LogP contribution in [0, 0.1) is 11.6 Å². The van der Waals surface area contributed by atoms with Crippen molar-refractivity contribution in [3.63, 3.8) is 0 Å². The minimum Gasteiger partial charge on any atom is -0.478 e. The van der Waals surface area contributed by atoms with Gasteiger partial charge in [-0.2, -0.15) is 0 Å². The van der Waals surface area contributed by atoms with Gasteiger partial charge in [0.25, 0.3) is 0 Å². The quantitative estimate of drug-likeness (QED) is 0.760. The largest absolute Gasteiger partial charge is 0.478 e. The summed E-state index contributed by atoms with van der Waals surface area (Å²) < 4.78 is 28.0. The van der Waals surface area contributed by atoms with Crippen molar-refractivity contribution in [2.75, 3.05) is 0 Å². The van der Waals surface area contributed by atoms with Crippen molar-refractivity contribution >= 4 is 17.0 Å². The van der Waals surface area contributed by atoms with Crippen LogP contribution in [0.2, 0.25) is 0 Å². The van der Waals surface area contributed by atoms with Gasteiger partial charge in [-0.25, -0.2) is 18.4 Å². The summed E-state index contributed by atoms with van der Waals surface area (Å²) in [5.74, 6) is -2.84. The summed E-state index contributed by atoms with van der Waals surface area (Å²) in [7, 11) is 0. The fraction of sp³-hybridized carbons (Fsp3) is 0. The first-order chi connectivity index (χ1) is 9.99. The van der Waals surface area contributed by atoms with Crippen LogP contribution < -0.4 is 5.69 Å². The zero-order valence-corrected chi connectivity index (χ0v) is 10.4. The Morgan fingerprint density at radius 3 is 2.67 bits per heavy atom. The highest BCUT2D eigenvalue weighted by molar-refractivity contribution is 6.01. The lowest BCUT2D eigenvalue weighted by Gasteiger charge is -2.07. The van der Waals surface area contributed by atoms with Crippen LogP contribution in [0.5, 0.6) is 0 Å². The van der Waals surface area contributed by atoms with Crippen LogP contribution in [0.3, 0.4) is 0 Å². The highest BCUT2D eigenvalue weighted by Crippen LogP contribution is 2.22. The summed E-state index contributed by atoms with van der Waals surface area (Å²) in [6.07, 6.45) is 0. The highest BCUT2D eigenvalue weighted by Gasteiger charge is 2.18. The predicted octanol–water partition coefficient (Wildman–Crippen LogP) is 2.30. The Morgan fingerprint density at radius 2 is 1.95 bits per heavy atom. The van der Waals surface area contributed by atoms with E-state index in [1.807, 2.05) is 0 Å². The third kappa shape index (κ3) is 1.99. The first-order valence-corrected chi connectivity index (χ1v) is 5.91. The molecule has 106 valence electrons. The van der Waals surface area contributed by atoms with Gasteiger partial charge in [-0.05, 0) is 24.3 Å². The molecule has 0 atom stereocenters. The third-order valence-electron chi connectivity index (χ3n) is 3.08. The average molecular weight is 290 g/mol. The average Bonchev–Trinajstić information content (AvgIpc) is 2.77. The number of fused-ring (bicyclic) bond motifs is 1. The number of halogens is 2. The molecule has 0 aliphatic carbocycles. The van der Waals surface area contributed by atoms with E-state index < -0.39 is 23.3 Å². The number of para-hydroxylation sites is 1. The first-order valence-electron chi connectivity index (χ1n) is 5.91. The molecular weight excluding hydrogens is 282 g/mol. The van der Waals surface area contributed by atoms with Crippen molar-refractivity contribution in [1.29, 1.82) is 0 Å². The van der Waals surface area contributed by atoms with E-state index in [1.54, 1.807) is 0 Å². The number of carboxylic acids is 1. The molecule has 3 rings (SSSR count). The predicted molar refractivity (Wildman–Crippen MR) is 70.8 cm³/mol. The maximum absolute atomic E-state index is 13.9. The second kappa shape index (κ2) is 4.55. The molecule has 0 bridgehead atoms. The zero-order chi connectivity index (χ0) is 15.1. The number of imidazole rings is 1. The number of carboxylic acid groups (broad SMARTS) is 1. The van der Waals surface area contributed by atoms with Gasteiger partial charge in [0, 0.05) is 6.07 Å². The van der Waals surface area contributed by atoms with Gasteiger partial charge in [0.05, 0.1) is 22.3 Å². The number of hydrogen-bond donors (Lipinski definition) is 2. The Kier molecular flexibility index (Phi) is 2.83. The van der Waals surface area contributed by atoms with Crippen molar-refractivity contribution in [2.45, 2.75) is 0 Å². The highest BCUT2D eigenvalue weighted by atomic mass is 19.1. The van der Waals surface area contributed by atoms with Gasteiger partial charge in [-0.1, -0.05) is 6.07 Å². The molecular formula is C14H8F2N2O3. The first kappa shape index (κ1) is 13.0. The molecule has 0 unspecified atom stereocenters. The molecule has 0 radical (unpaired) electrons. The van der Waals surface area contributed by atoms with Crippen LogP contribution >= 0.6 is 0 Å². The monoisotopic (exact) mass is 290 g/mol. The zero-order valence-electron chi connectivity index (χ0n) is 10.4. The van der Waals surface area contributed by atoms with Gasteiger partial charge < -0.3 is 10.1 Å². The lowest BCUT2D eigenvalue weighted by molar-refractivity contribution is 0.0698. The van der Waals surface area contributed by atoms with Crippen LogP contribution in [-0.4, -0.2) is 20.6 Å². The number of aromatic amines is 1. The summed E-state index contributed by atoms with van der Waals surface area (Å²) in [4.78, 5) is 25.7. The second-order valence-electron chi connectivity index (χ2n) is 4.37. The van der Waals surface area contributed by atoms with E-state index >= 15 is 0 Å². The summed E-state index contributed by atoms with van der Waals surface area (Å²) in [6, 6.07) is 6.84. The number of nitrogens with zero attached hydrogens (tertiary/aromatic N) is 1. The van der Waals surface area contributed by atoms with E-state index in [9.17, 15) is 23.5 Å². The van der Waals surface area contributed by atoms with Gasteiger partial charge in [0.1, 0.15) is 11.6 Å². The van der Waals surface area contributed by atoms with Crippen molar-refractivity contribution < 1.29 is 18.7 Å². The Morgan fingerprint density at radius 1 is 1.19 bits per heavy atom. The molecule has 1 heterocycles. The Hall–Kier alpha value is -2.96. The van der Waals surface area contributed by atoms with Gasteiger partial charge in [0.15, 0.2) is 0 Å². The topological polar surface area (TPSA) is 75.1 Å². The van der Waals surface area contributed by atoms with Gasteiger partial charge in [-0.15, -0.1) is 0 Å². The number of rotatable bonds is 2. The minimum absolute atomic E-state index is 0.0144. The van der Waals surface area contributed by atoms with Crippen LogP contribution in [0.15, 0.2) is 41.2 Å². The number of benzene rings is 2. The molecule has 21 heavy (non-hydrogen) atoms. The standard InChI is InChI=1S/C14H8F2N2O3/c15-7-4-5-9(16)11(6-7)18-12-8(13(19)20)2-1-3-10(12)17-14(18)21/h1-6H,(H,17,21)(H,19,20). The van der Waals surface area contributed by atoms with Crippen molar-refractivity contribution in [3.8, 4) is 5.69 Å². The molecule has 0 aliphatic rings. The van der Waals surface area contributed by atoms with Crippen LogP contribution in [0.1, 0.15) is 10.4 Å². The van der Waals surface area contributed by atoms with Gasteiger partial charge in [-0.3, -0.25) is 4.57 Å². The molecule has 0 saturated heterocycles. The molecule has 0 aliphatic heterocycles. The molecule has 2 N–H and O–H groups in total. The number of hydrogen-bond acceptors (Lipinski definition) is 2. The summed E-state index contributed by atoms with van der Waals surface area (Å²) in [5.41, 5.74) is -1.07. The van der Waals surface area contributed by atoms with Gasteiger partial charge >= 0.3 is 11.7 Å². The van der Waals surface area contributed by atoms with Crippen LogP contribution in [0.4, 0.5) is 8.78 Å². The second-order valence-corrected chi connectivity index (χ2v) is 4.37. The van der Waals surface area contributed by atoms with E-state index in [4.69, 9.17) is 0 Å². The molecule has 0 spiro atoms. The number of aromatic carboxylic acids is 1. The van der Waals surface area contributed by atoms with Crippen molar-refractivity contribution in [2.24, 2.45) is 0 Å². The normalized spacial score (nSPS) is 11.0. The van der Waals surface area contributed by atoms with Gasteiger partial charge in [0.2, 0.25) is 0 Å². The smallest absolute Gasteiger partial charge is 0.337 e. The lowest BCUT2D eigenvalue weighted by Crippen LogP contribution is -2.17. The number of aromatic nitrogens is 2. The van der Waals surface area contributed by atoms with Crippen LogP contribution in [-0.2, 0) is 0 Å². The number of H-pyrrole nitrogens is 1. The molecule has 5 nitrogen and oxygen atoms in total. The summed E-state index contributed by atoms with van der Waals surface area (Å²) in [6.45, 7) is 0. The van der Waals surface area contributed by atoms with E-state index in [0.29, 0.717) is 0 Å². The lowest BCUT2D eigenvalue weighted by atomic mass is 10.1. The molecule has 0 saturated carbocycles. The molecule has 1 aromatic heterocycles. The fourth-order valence-electron chi connectivity index (χ4n) is 2.22. The fourth-order valence-corrected chi connectivity index (χ4v) is 2.22. The molecule has 0 amide bonds. The molecule has 7 heteroatoms. The third-order valence-corrected chi connectivity index (χ3v) is 3.08. The van der Waals surface area contributed by atoms with E-state index in [-0.39, 0.29) is 22.3 Å². The molecule has 2 aromatic carbocycles. The Balaban J connectivity index is 2.48. The van der Waals surface area contributed by atoms with E-state index in [2.05, 4.69) is 4.98 Å².